The lowest BCUT2D eigenvalue weighted by molar-refractivity contribution is -0.133. The maximum Gasteiger partial charge on any atom is 0.240 e. The minimum Gasteiger partial charge on any atom is -0.491 e. The second kappa shape index (κ2) is 7.35. The van der Waals surface area contributed by atoms with Crippen LogP contribution in [0.5, 0.6) is 5.75 Å². The van der Waals surface area contributed by atoms with E-state index in [0.717, 1.165) is 42.2 Å². The molecule has 2 fully saturated rings. The average Bonchev–Trinajstić information content (AvgIpc) is 3.35. The van der Waals surface area contributed by atoms with Gasteiger partial charge in [0, 0.05) is 18.0 Å². The van der Waals surface area contributed by atoms with Crippen LogP contribution in [-0.2, 0) is 4.79 Å². The van der Waals surface area contributed by atoms with Gasteiger partial charge in [0.1, 0.15) is 18.4 Å². The van der Waals surface area contributed by atoms with E-state index >= 15 is 0 Å². The molecule has 0 aliphatic carbocycles. The lowest BCUT2D eigenvalue weighted by atomic mass is 10.1. The Labute approximate surface area is 153 Å². The Morgan fingerprint density at radius 1 is 1.19 bits per heavy atom. The van der Waals surface area contributed by atoms with Crippen LogP contribution in [0.15, 0.2) is 42.5 Å². The Hall–Kier alpha value is -2.58. The summed E-state index contributed by atoms with van der Waals surface area (Å²) in [7, 11) is 0. The summed E-state index contributed by atoms with van der Waals surface area (Å²) in [6.45, 7) is 1.24. The molecule has 5 nitrogen and oxygen atoms in total. The number of benzene rings is 2. The van der Waals surface area contributed by atoms with Crippen molar-refractivity contribution < 1.29 is 9.53 Å². The van der Waals surface area contributed by atoms with E-state index < -0.39 is 0 Å². The summed E-state index contributed by atoms with van der Waals surface area (Å²) < 4.78 is 6.06. The summed E-state index contributed by atoms with van der Waals surface area (Å²) in [6.07, 6.45) is 3.43. The zero-order valence-electron chi connectivity index (χ0n) is 14.7. The molecule has 0 bridgehead atoms. The summed E-state index contributed by atoms with van der Waals surface area (Å²) in [5.74, 6) is 0.950. The van der Waals surface area contributed by atoms with Crippen molar-refractivity contribution >= 4 is 16.7 Å². The Kier molecular flexibility index (Phi) is 4.77. The predicted molar refractivity (Wildman–Crippen MR) is 99.7 cm³/mol. The van der Waals surface area contributed by atoms with Gasteiger partial charge >= 0.3 is 0 Å². The number of hydrogen-bond donors (Lipinski definition) is 1. The number of ether oxygens (including phenoxy) is 1. The van der Waals surface area contributed by atoms with Gasteiger partial charge in [-0.1, -0.05) is 36.4 Å². The fourth-order valence-electron chi connectivity index (χ4n) is 4.02. The smallest absolute Gasteiger partial charge is 0.240 e. The van der Waals surface area contributed by atoms with E-state index in [2.05, 4.69) is 29.6 Å². The molecule has 2 aliphatic heterocycles. The molecule has 0 spiro atoms. The molecule has 2 aliphatic rings. The molecule has 2 saturated heterocycles. The van der Waals surface area contributed by atoms with E-state index in [1.54, 1.807) is 4.90 Å². The van der Waals surface area contributed by atoms with Gasteiger partial charge in [-0.2, -0.15) is 5.26 Å². The third kappa shape index (κ3) is 3.25. The predicted octanol–water partition coefficient (Wildman–Crippen LogP) is 2.85. The molecule has 2 aromatic carbocycles. The summed E-state index contributed by atoms with van der Waals surface area (Å²) in [5.41, 5.74) is 0. The van der Waals surface area contributed by atoms with Gasteiger partial charge in [-0.15, -0.1) is 0 Å². The summed E-state index contributed by atoms with van der Waals surface area (Å²) in [4.78, 5) is 14.4. The summed E-state index contributed by atoms with van der Waals surface area (Å²) >= 11 is 0. The Morgan fingerprint density at radius 3 is 2.92 bits per heavy atom. The zero-order valence-corrected chi connectivity index (χ0v) is 14.7. The molecule has 1 N–H and O–H groups in total. The first-order valence-electron chi connectivity index (χ1n) is 9.33. The van der Waals surface area contributed by atoms with Gasteiger partial charge in [0.2, 0.25) is 5.91 Å². The molecule has 26 heavy (non-hydrogen) atoms. The quantitative estimate of drug-likeness (QED) is 0.922. The van der Waals surface area contributed by atoms with Crippen molar-refractivity contribution in [2.24, 2.45) is 0 Å². The van der Waals surface area contributed by atoms with E-state index in [9.17, 15) is 10.1 Å². The molecule has 1 amide bonds. The van der Waals surface area contributed by atoms with Crippen molar-refractivity contribution in [3.05, 3.63) is 42.5 Å². The van der Waals surface area contributed by atoms with Crippen molar-refractivity contribution in [2.45, 2.75) is 43.8 Å². The van der Waals surface area contributed by atoms with Gasteiger partial charge in [0.05, 0.1) is 12.1 Å². The van der Waals surface area contributed by atoms with Crippen LogP contribution in [0, 0.1) is 11.3 Å². The molecule has 4 rings (SSSR count). The number of nitriles is 1. The maximum atomic E-state index is 12.7. The Bertz CT molecular complexity index is 839. The molecular weight excluding hydrogens is 326 g/mol. The number of carbonyl (C=O) groups excluding carboxylic acids is 1. The molecule has 0 saturated carbocycles. The third-order valence-electron chi connectivity index (χ3n) is 5.41. The van der Waals surface area contributed by atoms with Gasteiger partial charge < -0.3 is 9.64 Å². The van der Waals surface area contributed by atoms with Crippen LogP contribution in [0.1, 0.15) is 25.7 Å². The Morgan fingerprint density at radius 2 is 2.04 bits per heavy atom. The molecule has 5 heteroatoms. The monoisotopic (exact) mass is 349 g/mol. The van der Waals surface area contributed by atoms with E-state index in [-0.39, 0.29) is 24.0 Å². The number of likely N-dealkylation sites (tertiary alicyclic amines) is 1. The van der Waals surface area contributed by atoms with Crippen LogP contribution in [-0.4, -0.2) is 42.1 Å². The summed E-state index contributed by atoms with van der Waals surface area (Å²) in [6, 6.07) is 16.2. The van der Waals surface area contributed by atoms with Gasteiger partial charge in [0.25, 0.3) is 0 Å². The number of fused-ring (bicyclic) bond motifs is 1. The second-order valence-corrected chi connectivity index (χ2v) is 7.10. The van der Waals surface area contributed by atoms with Gasteiger partial charge in [0.15, 0.2) is 0 Å². The highest BCUT2D eigenvalue weighted by Crippen LogP contribution is 2.26. The van der Waals surface area contributed by atoms with E-state index in [1.165, 1.54) is 0 Å². The molecule has 2 heterocycles. The first-order chi connectivity index (χ1) is 12.8. The first kappa shape index (κ1) is 16.9. The molecule has 0 unspecified atom stereocenters. The van der Waals surface area contributed by atoms with Gasteiger partial charge in [-0.3, -0.25) is 10.1 Å². The lowest BCUT2D eigenvalue weighted by Crippen LogP contribution is -2.47. The van der Waals surface area contributed by atoms with Crippen LogP contribution in [0.25, 0.3) is 10.8 Å². The van der Waals surface area contributed by atoms with Crippen molar-refractivity contribution in [1.29, 1.82) is 5.26 Å². The van der Waals surface area contributed by atoms with Crippen molar-refractivity contribution in [3.8, 4) is 11.8 Å². The van der Waals surface area contributed by atoms with E-state index in [4.69, 9.17) is 4.74 Å². The maximum absolute atomic E-state index is 12.7. The topological polar surface area (TPSA) is 65.4 Å². The van der Waals surface area contributed by atoms with Crippen LogP contribution >= 0.6 is 0 Å². The summed E-state index contributed by atoms with van der Waals surface area (Å²) in [5, 5.41) is 14.9. The number of carbonyl (C=O) groups is 1. The largest absolute Gasteiger partial charge is 0.491 e. The fourth-order valence-corrected chi connectivity index (χ4v) is 4.02. The highest BCUT2D eigenvalue weighted by Gasteiger charge is 2.36. The molecule has 0 radical (unpaired) electrons. The first-order valence-corrected chi connectivity index (χ1v) is 9.33. The van der Waals surface area contributed by atoms with Gasteiger partial charge in [-0.05, 0) is 37.1 Å². The zero-order chi connectivity index (χ0) is 17.9. The van der Waals surface area contributed by atoms with Crippen molar-refractivity contribution in [1.82, 2.24) is 10.2 Å². The van der Waals surface area contributed by atoms with E-state index in [1.807, 2.05) is 24.3 Å². The second-order valence-electron chi connectivity index (χ2n) is 7.10. The molecule has 2 aromatic rings. The molecule has 3 atom stereocenters. The average molecular weight is 349 g/mol. The minimum absolute atomic E-state index is 0.0710. The van der Waals surface area contributed by atoms with Crippen LogP contribution in [0.3, 0.4) is 0 Å². The van der Waals surface area contributed by atoms with Crippen molar-refractivity contribution in [3.63, 3.8) is 0 Å². The van der Waals surface area contributed by atoms with E-state index in [0.29, 0.717) is 13.2 Å². The number of nitrogens with zero attached hydrogens (tertiary/aromatic N) is 2. The van der Waals surface area contributed by atoms with Crippen LogP contribution in [0.4, 0.5) is 0 Å². The highest BCUT2D eigenvalue weighted by molar-refractivity contribution is 5.88. The Balaban J connectivity index is 1.36. The SMILES string of the molecule is N#C[C@@H]1CCCN1C(=O)[C@@H]1CC[C@H](COc2cccc3ccccc23)N1. The number of nitrogens with one attached hydrogen (secondary N) is 1. The highest BCUT2D eigenvalue weighted by atomic mass is 16.5. The minimum atomic E-state index is -0.254. The number of hydrogen-bond acceptors (Lipinski definition) is 4. The van der Waals surface area contributed by atoms with Crippen LogP contribution < -0.4 is 10.1 Å². The van der Waals surface area contributed by atoms with Gasteiger partial charge in [-0.25, -0.2) is 0 Å². The fraction of sp³-hybridized carbons (Fsp3) is 0.429. The normalized spacial score (nSPS) is 25.3. The third-order valence-corrected chi connectivity index (χ3v) is 5.41. The molecule has 134 valence electrons. The number of amides is 1. The number of rotatable bonds is 4. The lowest BCUT2D eigenvalue weighted by Gasteiger charge is -2.24. The van der Waals surface area contributed by atoms with Crippen LogP contribution in [0.2, 0.25) is 0 Å². The molecular formula is C21H23N3O2. The van der Waals surface area contributed by atoms with Crippen molar-refractivity contribution in [2.75, 3.05) is 13.2 Å². The standard InChI is InChI=1S/C21H23N3O2/c22-13-17-7-4-12-24(17)21(25)19-11-10-16(23-19)14-26-20-9-3-6-15-5-1-2-8-18(15)20/h1-3,5-6,8-9,16-17,19,23H,4,7,10-12,14H2/t16-,17+,19+/m1/s1. The molecule has 0 aromatic heterocycles.